The van der Waals surface area contributed by atoms with Crippen LogP contribution >= 0.6 is 0 Å². The number of sulfone groups is 1. The van der Waals surface area contributed by atoms with Crippen LogP contribution in [0.1, 0.15) is 26.2 Å². The van der Waals surface area contributed by atoms with Crippen LogP contribution in [0.2, 0.25) is 0 Å². The summed E-state index contributed by atoms with van der Waals surface area (Å²) in [6, 6.07) is 0. The lowest BCUT2D eigenvalue weighted by molar-refractivity contribution is 0.270. The number of rotatable bonds is 6. The second-order valence-corrected chi connectivity index (χ2v) is 8.98. The summed E-state index contributed by atoms with van der Waals surface area (Å²) in [6.45, 7) is 2.34. The van der Waals surface area contributed by atoms with E-state index >= 15 is 0 Å². The van der Waals surface area contributed by atoms with Crippen molar-refractivity contribution in [1.82, 2.24) is 4.31 Å². The van der Waals surface area contributed by atoms with E-state index in [4.69, 9.17) is 5.11 Å². The van der Waals surface area contributed by atoms with Crippen LogP contribution in [0.15, 0.2) is 0 Å². The molecule has 0 atom stereocenters. The Morgan fingerprint density at radius 2 is 1.83 bits per heavy atom. The van der Waals surface area contributed by atoms with E-state index in [1.165, 1.54) is 4.31 Å². The molecular formula is C10H21NO5S2. The fourth-order valence-electron chi connectivity index (χ4n) is 2.09. The molecule has 0 unspecified atom stereocenters. The van der Waals surface area contributed by atoms with Crippen LogP contribution in [0.5, 0.6) is 0 Å². The molecule has 1 saturated heterocycles. The molecule has 6 nitrogen and oxygen atoms in total. The first-order valence-electron chi connectivity index (χ1n) is 6.13. The molecule has 8 heteroatoms. The monoisotopic (exact) mass is 299 g/mol. The molecule has 0 aromatic heterocycles. The van der Waals surface area contributed by atoms with Crippen molar-refractivity contribution in [2.75, 3.05) is 31.2 Å². The van der Waals surface area contributed by atoms with Gasteiger partial charge in [-0.2, -0.15) is 0 Å². The van der Waals surface area contributed by atoms with E-state index in [0.29, 0.717) is 19.5 Å². The number of aliphatic hydroxyl groups excluding tert-OH is 1. The van der Waals surface area contributed by atoms with E-state index in [9.17, 15) is 16.8 Å². The molecule has 18 heavy (non-hydrogen) atoms. The third-order valence-corrected chi connectivity index (χ3v) is 7.39. The van der Waals surface area contributed by atoms with Gasteiger partial charge in [0.2, 0.25) is 10.0 Å². The molecule has 108 valence electrons. The van der Waals surface area contributed by atoms with Crippen molar-refractivity contribution in [2.24, 2.45) is 0 Å². The Morgan fingerprint density at radius 3 is 2.28 bits per heavy atom. The Labute approximate surface area is 109 Å². The van der Waals surface area contributed by atoms with E-state index in [2.05, 4.69) is 0 Å². The second kappa shape index (κ2) is 6.31. The maximum atomic E-state index is 12.3. The number of hydrogen-bond donors (Lipinski definition) is 1. The molecule has 1 fully saturated rings. The van der Waals surface area contributed by atoms with Crippen molar-refractivity contribution in [3.05, 3.63) is 0 Å². The third kappa shape index (κ3) is 3.91. The molecule has 1 N–H and O–H groups in total. The maximum Gasteiger partial charge on any atom is 0.217 e. The van der Waals surface area contributed by atoms with Gasteiger partial charge in [0.25, 0.3) is 0 Å². The summed E-state index contributed by atoms with van der Waals surface area (Å²) in [6.07, 6.45) is 0.763. The Balaban J connectivity index is 2.73. The van der Waals surface area contributed by atoms with Gasteiger partial charge in [0.15, 0.2) is 0 Å². The van der Waals surface area contributed by atoms with Gasteiger partial charge in [-0.05, 0) is 19.3 Å². The minimum absolute atomic E-state index is 0.0472. The van der Waals surface area contributed by atoms with E-state index in [0.717, 1.165) is 0 Å². The Morgan fingerprint density at radius 1 is 1.28 bits per heavy atom. The van der Waals surface area contributed by atoms with Gasteiger partial charge in [-0.3, -0.25) is 0 Å². The summed E-state index contributed by atoms with van der Waals surface area (Å²) in [5.74, 6) is -0.0943. The first kappa shape index (κ1) is 15.9. The zero-order chi connectivity index (χ0) is 13.8. The van der Waals surface area contributed by atoms with Crippen molar-refractivity contribution >= 4 is 19.9 Å². The van der Waals surface area contributed by atoms with Gasteiger partial charge in [0, 0.05) is 19.7 Å². The van der Waals surface area contributed by atoms with Gasteiger partial charge in [-0.15, -0.1) is 0 Å². The summed E-state index contributed by atoms with van der Waals surface area (Å²) in [4.78, 5) is 0. The smallest absolute Gasteiger partial charge is 0.217 e. The highest BCUT2D eigenvalue weighted by Gasteiger charge is 2.35. The van der Waals surface area contributed by atoms with Gasteiger partial charge in [-0.25, -0.2) is 21.1 Å². The quantitative estimate of drug-likeness (QED) is 0.720. The third-order valence-electron chi connectivity index (χ3n) is 3.20. The van der Waals surface area contributed by atoms with Crippen molar-refractivity contribution in [1.29, 1.82) is 0 Å². The van der Waals surface area contributed by atoms with Crippen molar-refractivity contribution in [3.63, 3.8) is 0 Å². The van der Waals surface area contributed by atoms with Gasteiger partial charge in [0.1, 0.15) is 9.84 Å². The van der Waals surface area contributed by atoms with E-state index in [1.54, 1.807) is 6.92 Å². The first-order valence-corrected chi connectivity index (χ1v) is 9.46. The molecule has 0 saturated carbocycles. The molecule has 0 aliphatic carbocycles. The van der Waals surface area contributed by atoms with Crippen molar-refractivity contribution in [2.45, 2.75) is 31.4 Å². The molecule has 0 aromatic rings. The predicted octanol–water partition coefficient (Wildman–Crippen LogP) is -0.402. The standard InChI is InChI=1S/C10H21NO5S2/c1-2-11(6-3-7-12)18(15,16)10-4-8-17(13,14)9-5-10/h10,12H,2-9H2,1H3. The Kier molecular flexibility index (Phi) is 5.57. The predicted molar refractivity (Wildman–Crippen MR) is 69.5 cm³/mol. The fourth-order valence-corrected chi connectivity index (χ4v) is 5.88. The molecule has 1 aliphatic heterocycles. The van der Waals surface area contributed by atoms with Crippen LogP contribution < -0.4 is 0 Å². The Bertz CT molecular complexity index is 443. The average molecular weight is 299 g/mol. The molecule has 0 radical (unpaired) electrons. The summed E-state index contributed by atoms with van der Waals surface area (Å²) in [7, 11) is -6.49. The highest BCUT2D eigenvalue weighted by atomic mass is 32.2. The molecule has 0 amide bonds. The largest absolute Gasteiger partial charge is 0.396 e. The lowest BCUT2D eigenvalue weighted by Crippen LogP contribution is -2.43. The normalized spacial score (nSPS) is 21.3. The summed E-state index contributed by atoms with van der Waals surface area (Å²) in [5.41, 5.74) is 0. The van der Waals surface area contributed by atoms with Crippen molar-refractivity contribution in [3.8, 4) is 0 Å². The molecule has 0 aromatic carbocycles. The van der Waals surface area contributed by atoms with Gasteiger partial charge < -0.3 is 5.11 Å². The zero-order valence-corrected chi connectivity index (χ0v) is 12.2. The lowest BCUT2D eigenvalue weighted by Gasteiger charge is -2.28. The molecule has 0 bridgehead atoms. The van der Waals surface area contributed by atoms with Crippen molar-refractivity contribution < 1.29 is 21.9 Å². The molecular weight excluding hydrogens is 278 g/mol. The SMILES string of the molecule is CCN(CCCO)S(=O)(=O)C1CCS(=O)(=O)CC1. The molecule has 1 rings (SSSR count). The Hall–Kier alpha value is -0.180. The van der Waals surface area contributed by atoms with Crippen LogP contribution in [-0.4, -0.2) is 62.7 Å². The number of aliphatic hydroxyl groups is 1. The lowest BCUT2D eigenvalue weighted by atomic mass is 10.2. The van der Waals surface area contributed by atoms with Gasteiger partial charge in [0.05, 0.1) is 16.8 Å². The molecule has 1 aliphatic rings. The average Bonchev–Trinajstić information content (AvgIpc) is 2.29. The minimum Gasteiger partial charge on any atom is -0.396 e. The zero-order valence-electron chi connectivity index (χ0n) is 10.6. The number of hydrogen-bond acceptors (Lipinski definition) is 5. The fraction of sp³-hybridized carbons (Fsp3) is 1.00. The summed E-state index contributed by atoms with van der Waals surface area (Å²) >= 11 is 0. The van der Waals surface area contributed by atoms with Gasteiger partial charge in [-0.1, -0.05) is 6.92 Å². The van der Waals surface area contributed by atoms with Gasteiger partial charge >= 0.3 is 0 Å². The minimum atomic E-state index is -3.44. The van der Waals surface area contributed by atoms with Crippen LogP contribution in [-0.2, 0) is 19.9 Å². The highest BCUT2D eigenvalue weighted by molar-refractivity contribution is 7.92. The molecule has 0 spiro atoms. The second-order valence-electron chi connectivity index (χ2n) is 4.46. The van der Waals surface area contributed by atoms with E-state index < -0.39 is 25.1 Å². The summed E-state index contributed by atoms with van der Waals surface area (Å²) < 4.78 is 48.5. The van der Waals surface area contributed by atoms with Crippen LogP contribution in [0, 0.1) is 0 Å². The van der Waals surface area contributed by atoms with Crippen LogP contribution in [0.4, 0.5) is 0 Å². The maximum absolute atomic E-state index is 12.3. The van der Waals surface area contributed by atoms with Crippen LogP contribution in [0.25, 0.3) is 0 Å². The molecule has 1 heterocycles. The van der Waals surface area contributed by atoms with E-state index in [1.807, 2.05) is 0 Å². The number of nitrogens with zero attached hydrogens (tertiary/aromatic N) is 1. The number of sulfonamides is 1. The summed E-state index contributed by atoms with van der Waals surface area (Å²) in [5, 5.41) is 8.16. The van der Waals surface area contributed by atoms with Crippen LogP contribution in [0.3, 0.4) is 0 Å². The highest BCUT2D eigenvalue weighted by Crippen LogP contribution is 2.22. The van der Waals surface area contributed by atoms with E-state index in [-0.39, 0.29) is 31.0 Å². The first-order chi connectivity index (χ1) is 8.33. The topological polar surface area (TPSA) is 91.8 Å².